The minimum atomic E-state index is -0.487. The monoisotopic (exact) mass is 323 g/mol. The Morgan fingerprint density at radius 1 is 1.43 bits per heavy atom. The van der Waals surface area contributed by atoms with Gasteiger partial charge in [0.15, 0.2) is 0 Å². The molecule has 5 heteroatoms. The van der Waals surface area contributed by atoms with Gasteiger partial charge in [-0.25, -0.2) is 9.37 Å². The van der Waals surface area contributed by atoms with Gasteiger partial charge in [-0.2, -0.15) is 0 Å². The van der Waals surface area contributed by atoms with Gasteiger partial charge in [0.2, 0.25) is 0 Å². The van der Waals surface area contributed by atoms with Crippen molar-refractivity contribution < 1.29 is 9.50 Å². The molecular weight excluding hydrogens is 305 g/mol. The van der Waals surface area contributed by atoms with E-state index in [2.05, 4.69) is 18.8 Å². The number of benzene rings is 1. The average Bonchev–Trinajstić information content (AvgIpc) is 2.80. The minimum absolute atomic E-state index is 0.0370. The van der Waals surface area contributed by atoms with Crippen LogP contribution in [0.2, 0.25) is 0 Å². The topological polar surface area (TPSA) is 33.1 Å². The van der Waals surface area contributed by atoms with E-state index in [1.807, 2.05) is 12.3 Å². The maximum atomic E-state index is 14.2. The number of hydrogen-bond acceptors (Lipinski definition) is 4. The van der Waals surface area contributed by atoms with Crippen LogP contribution in [0.25, 0.3) is 10.6 Å². The number of thiazole rings is 1. The molecule has 1 aliphatic carbocycles. The molecule has 1 aromatic heterocycles. The highest BCUT2D eigenvalue weighted by Gasteiger charge is 2.34. The van der Waals surface area contributed by atoms with Crippen molar-refractivity contribution in [3.05, 3.63) is 34.6 Å². The van der Waals surface area contributed by atoms with Gasteiger partial charge in [0.25, 0.3) is 0 Å². The largest absolute Gasteiger partial charge is 0.387 e. The van der Waals surface area contributed by atoms with Gasteiger partial charge in [0, 0.05) is 4.90 Å². The fourth-order valence-corrected chi connectivity index (χ4v) is 4.69. The van der Waals surface area contributed by atoms with Crippen LogP contribution in [0.3, 0.4) is 0 Å². The van der Waals surface area contributed by atoms with Gasteiger partial charge < -0.3 is 5.11 Å². The van der Waals surface area contributed by atoms with Crippen molar-refractivity contribution in [3.63, 3.8) is 0 Å². The van der Waals surface area contributed by atoms with E-state index < -0.39 is 6.10 Å². The Balaban J connectivity index is 2.11. The van der Waals surface area contributed by atoms with Gasteiger partial charge >= 0.3 is 0 Å². The number of halogens is 1. The molecule has 0 saturated heterocycles. The van der Waals surface area contributed by atoms with E-state index in [4.69, 9.17) is 0 Å². The quantitative estimate of drug-likeness (QED) is 0.815. The maximum absolute atomic E-state index is 14.2. The number of hydrogen-bond donors (Lipinski definition) is 1. The maximum Gasteiger partial charge on any atom is 0.134 e. The molecule has 2 aromatic rings. The van der Waals surface area contributed by atoms with Crippen molar-refractivity contribution in [2.75, 3.05) is 6.26 Å². The molecule has 0 spiro atoms. The second-order valence-corrected chi connectivity index (χ2v) is 8.09. The third-order valence-corrected chi connectivity index (χ3v) is 5.83. The summed E-state index contributed by atoms with van der Waals surface area (Å²) in [6.07, 6.45) is 3.01. The lowest BCUT2D eigenvalue weighted by Crippen LogP contribution is -2.24. The summed E-state index contributed by atoms with van der Waals surface area (Å²) < 4.78 is 14.2. The first-order valence-corrected chi connectivity index (χ1v) is 8.96. The number of fused-ring (bicyclic) bond motifs is 1. The zero-order valence-corrected chi connectivity index (χ0v) is 13.9. The third kappa shape index (κ3) is 2.74. The van der Waals surface area contributed by atoms with Crippen LogP contribution in [0.15, 0.2) is 23.1 Å². The van der Waals surface area contributed by atoms with Crippen molar-refractivity contribution in [2.24, 2.45) is 5.41 Å². The molecule has 1 heterocycles. The SMILES string of the molecule is CSc1cccc(F)c1-c1nc2c(s1)C(O)CC(C)(C)C2. The highest BCUT2D eigenvalue weighted by Crippen LogP contribution is 2.46. The highest BCUT2D eigenvalue weighted by atomic mass is 32.2. The number of aliphatic hydroxyl groups is 1. The number of aromatic nitrogens is 1. The lowest BCUT2D eigenvalue weighted by Gasteiger charge is -2.31. The van der Waals surface area contributed by atoms with E-state index >= 15 is 0 Å². The Bertz CT molecular complexity index is 681. The van der Waals surface area contributed by atoms with E-state index in [1.54, 1.807) is 6.07 Å². The zero-order chi connectivity index (χ0) is 15.2. The summed E-state index contributed by atoms with van der Waals surface area (Å²) in [6, 6.07) is 5.09. The summed E-state index contributed by atoms with van der Waals surface area (Å²) in [4.78, 5) is 6.43. The van der Waals surface area contributed by atoms with Crippen LogP contribution in [0.5, 0.6) is 0 Å². The molecule has 0 amide bonds. The summed E-state index contributed by atoms with van der Waals surface area (Å²) in [7, 11) is 0. The molecule has 0 aliphatic heterocycles. The standard InChI is InChI=1S/C16H18FNOS2/c1-16(2)7-10-14(11(19)8-16)21-15(18-10)13-9(17)5-4-6-12(13)20-3/h4-6,11,19H,7-8H2,1-3H3. The van der Waals surface area contributed by atoms with Crippen molar-refractivity contribution in [1.82, 2.24) is 4.98 Å². The Hall–Kier alpha value is -0.910. The van der Waals surface area contributed by atoms with Gasteiger partial charge in [0.1, 0.15) is 10.8 Å². The molecule has 1 aliphatic rings. The van der Waals surface area contributed by atoms with Gasteiger partial charge in [-0.1, -0.05) is 19.9 Å². The van der Waals surface area contributed by atoms with E-state index in [9.17, 15) is 9.50 Å². The molecule has 1 unspecified atom stereocenters. The van der Waals surface area contributed by atoms with Gasteiger partial charge in [-0.15, -0.1) is 23.1 Å². The highest BCUT2D eigenvalue weighted by molar-refractivity contribution is 7.98. The molecule has 1 aromatic carbocycles. The second-order valence-electron chi connectivity index (χ2n) is 6.21. The fourth-order valence-electron chi connectivity index (χ4n) is 2.88. The van der Waals surface area contributed by atoms with E-state index in [-0.39, 0.29) is 11.2 Å². The van der Waals surface area contributed by atoms with Crippen LogP contribution in [-0.4, -0.2) is 16.3 Å². The van der Waals surface area contributed by atoms with E-state index in [0.717, 1.165) is 28.3 Å². The number of rotatable bonds is 2. The number of thioether (sulfide) groups is 1. The predicted octanol–water partition coefficient (Wildman–Crippen LogP) is 4.68. The summed E-state index contributed by atoms with van der Waals surface area (Å²) in [5.74, 6) is -0.248. The van der Waals surface area contributed by atoms with Crippen molar-refractivity contribution in [3.8, 4) is 10.6 Å². The van der Waals surface area contributed by atoms with Crippen LogP contribution in [0, 0.1) is 11.2 Å². The Morgan fingerprint density at radius 3 is 2.90 bits per heavy atom. The average molecular weight is 323 g/mol. The van der Waals surface area contributed by atoms with Crippen LogP contribution in [-0.2, 0) is 6.42 Å². The first-order valence-electron chi connectivity index (χ1n) is 6.92. The molecular formula is C16H18FNOS2. The number of nitrogens with zero attached hydrogens (tertiary/aromatic N) is 1. The molecule has 2 nitrogen and oxygen atoms in total. The van der Waals surface area contributed by atoms with Crippen molar-refractivity contribution >= 4 is 23.1 Å². The smallest absolute Gasteiger partial charge is 0.134 e. The second kappa shape index (κ2) is 5.38. The van der Waals surface area contributed by atoms with Crippen LogP contribution < -0.4 is 0 Å². The molecule has 1 N–H and O–H groups in total. The normalized spacial score (nSPS) is 20.3. The van der Waals surface area contributed by atoms with Crippen LogP contribution >= 0.6 is 23.1 Å². The number of aliphatic hydroxyl groups excluding tert-OH is 1. The molecule has 3 rings (SSSR count). The first-order chi connectivity index (χ1) is 9.91. The Labute approximate surface area is 132 Å². The Morgan fingerprint density at radius 2 is 2.19 bits per heavy atom. The predicted molar refractivity (Wildman–Crippen MR) is 86.4 cm³/mol. The van der Waals surface area contributed by atoms with Gasteiger partial charge in [-0.3, -0.25) is 0 Å². The van der Waals surface area contributed by atoms with Gasteiger partial charge in [0.05, 0.1) is 22.2 Å². The fraction of sp³-hybridized carbons (Fsp3) is 0.438. The van der Waals surface area contributed by atoms with Crippen molar-refractivity contribution in [2.45, 2.75) is 37.7 Å². The zero-order valence-electron chi connectivity index (χ0n) is 12.3. The first kappa shape index (κ1) is 15.0. The van der Waals surface area contributed by atoms with Gasteiger partial charge in [-0.05, 0) is 36.6 Å². The molecule has 112 valence electrons. The molecule has 21 heavy (non-hydrogen) atoms. The Kier molecular flexibility index (Phi) is 3.84. The van der Waals surface area contributed by atoms with E-state index in [1.165, 1.54) is 29.2 Å². The van der Waals surface area contributed by atoms with Crippen molar-refractivity contribution in [1.29, 1.82) is 0 Å². The summed E-state index contributed by atoms with van der Waals surface area (Å²) in [5.41, 5.74) is 1.53. The lowest BCUT2D eigenvalue weighted by molar-refractivity contribution is 0.102. The minimum Gasteiger partial charge on any atom is -0.387 e. The molecule has 0 radical (unpaired) electrons. The summed E-state index contributed by atoms with van der Waals surface area (Å²) in [5, 5.41) is 11.0. The third-order valence-electron chi connectivity index (χ3n) is 3.83. The van der Waals surface area contributed by atoms with Crippen LogP contribution in [0.1, 0.15) is 36.9 Å². The summed E-state index contributed by atoms with van der Waals surface area (Å²) in [6.45, 7) is 4.27. The molecule has 0 bridgehead atoms. The molecule has 1 atom stereocenters. The lowest BCUT2D eigenvalue weighted by atomic mass is 9.77. The van der Waals surface area contributed by atoms with Crippen LogP contribution in [0.4, 0.5) is 4.39 Å². The summed E-state index contributed by atoms with van der Waals surface area (Å²) >= 11 is 2.94. The molecule has 0 fully saturated rings. The van der Waals surface area contributed by atoms with E-state index in [0.29, 0.717) is 10.6 Å². The molecule has 0 saturated carbocycles.